The van der Waals surface area contributed by atoms with E-state index in [4.69, 9.17) is 9.97 Å². The Morgan fingerprint density at radius 1 is 0.526 bits per heavy atom. The van der Waals surface area contributed by atoms with Crippen molar-refractivity contribution < 1.29 is 0 Å². The molecule has 3 aromatic carbocycles. The highest BCUT2D eigenvalue weighted by molar-refractivity contribution is 7.25. The fourth-order valence-corrected chi connectivity index (χ4v) is 6.47. The number of benzene rings is 3. The van der Waals surface area contributed by atoms with Crippen molar-refractivity contribution >= 4 is 53.4 Å². The first-order chi connectivity index (χ1) is 18.8. The Bertz CT molecular complexity index is 2110. The summed E-state index contributed by atoms with van der Waals surface area (Å²) in [4.78, 5) is 14.3. The number of nitrogens with zero attached hydrogens (tertiary/aromatic N) is 4. The summed E-state index contributed by atoms with van der Waals surface area (Å²) in [5.74, 6) is 0. The largest absolute Gasteiger partial charge is 0.306 e. The van der Waals surface area contributed by atoms with E-state index in [2.05, 4.69) is 82.3 Å². The lowest BCUT2D eigenvalue weighted by atomic mass is 10.1. The summed E-state index contributed by atoms with van der Waals surface area (Å²) in [6, 6.07) is 36.0. The monoisotopic (exact) mass is 504 g/mol. The van der Waals surface area contributed by atoms with Crippen LogP contribution in [-0.2, 0) is 0 Å². The highest BCUT2D eigenvalue weighted by Gasteiger charge is 2.18. The summed E-state index contributed by atoms with van der Waals surface area (Å²) in [5, 5.41) is 3.71. The molecule has 0 bridgehead atoms. The molecule has 0 spiro atoms. The molecule has 5 aromatic heterocycles. The van der Waals surface area contributed by atoms with Crippen LogP contribution in [0, 0.1) is 0 Å². The average molecular weight is 505 g/mol. The number of hydrogen-bond donors (Lipinski definition) is 0. The van der Waals surface area contributed by atoms with Crippen LogP contribution in [0.15, 0.2) is 122 Å². The minimum Gasteiger partial charge on any atom is -0.306 e. The summed E-state index contributed by atoms with van der Waals surface area (Å²) >= 11 is 1.83. The van der Waals surface area contributed by atoms with Crippen molar-refractivity contribution in [1.82, 2.24) is 19.5 Å². The zero-order chi connectivity index (χ0) is 25.1. The second-order valence-electron chi connectivity index (χ2n) is 9.37. The maximum atomic E-state index is 5.02. The lowest BCUT2D eigenvalue weighted by Crippen LogP contribution is -1.96. The molecular formula is C33H20N4S. The molecule has 0 aliphatic carbocycles. The number of fused-ring (bicyclic) bond motifs is 6. The van der Waals surface area contributed by atoms with Gasteiger partial charge in [-0.15, -0.1) is 11.3 Å². The number of thiophene rings is 1. The standard InChI is InChI=1S/C33H20N4S/c1-2-8-21(9-3-1)22-16-30-33(36-19-22)26-17-25-24-10-4-5-12-31(24)38-32(25)18-29(26)37(30)23-13-14-28(35-20-23)27-11-6-7-15-34-27/h1-20H. The molecule has 8 rings (SSSR count). The van der Waals surface area contributed by atoms with Gasteiger partial charge in [0.25, 0.3) is 0 Å². The quantitative estimate of drug-likeness (QED) is 0.242. The van der Waals surface area contributed by atoms with E-state index >= 15 is 0 Å². The van der Waals surface area contributed by atoms with E-state index in [0.29, 0.717) is 0 Å². The molecule has 0 radical (unpaired) electrons. The third-order valence-corrected chi connectivity index (χ3v) is 8.27. The molecule has 0 fully saturated rings. The maximum Gasteiger partial charge on any atom is 0.0964 e. The number of aromatic nitrogens is 4. The molecule has 0 aliphatic rings. The van der Waals surface area contributed by atoms with E-state index < -0.39 is 0 Å². The summed E-state index contributed by atoms with van der Waals surface area (Å²) in [5.41, 5.74) is 8.14. The Kier molecular flexibility index (Phi) is 4.66. The van der Waals surface area contributed by atoms with Crippen LogP contribution in [0.2, 0.25) is 0 Å². The van der Waals surface area contributed by atoms with Gasteiger partial charge in [0.15, 0.2) is 0 Å². The molecule has 0 N–H and O–H groups in total. The smallest absolute Gasteiger partial charge is 0.0964 e. The topological polar surface area (TPSA) is 43.6 Å². The molecule has 0 saturated carbocycles. The van der Waals surface area contributed by atoms with Gasteiger partial charge in [-0.05, 0) is 54.1 Å². The van der Waals surface area contributed by atoms with Crippen LogP contribution < -0.4 is 0 Å². The summed E-state index contributed by atoms with van der Waals surface area (Å²) in [7, 11) is 0. The molecular weight excluding hydrogens is 484 g/mol. The van der Waals surface area contributed by atoms with Gasteiger partial charge < -0.3 is 4.57 Å². The van der Waals surface area contributed by atoms with Crippen molar-refractivity contribution in [2.45, 2.75) is 0 Å². The van der Waals surface area contributed by atoms with E-state index in [9.17, 15) is 0 Å². The molecule has 4 nitrogen and oxygen atoms in total. The molecule has 0 saturated heterocycles. The van der Waals surface area contributed by atoms with Gasteiger partial charge in [0.05, 0.1) is 39.8 Å². The van der Waals surface area contributed by atoms with Gasteiger partial charge in [0, 0.05) is 43.5 Å². The highest BCUT2D eigenvalue weighted by atomic mass is 32.1. The van der Waals surface area contributed by atoms with Crippen LogP contribution in [0.25, 0.3) is 70.3 Å². The second-order valence-corrected chi connectivity index (χ2v) is 10.5. The predicted octanol–water partition coefficient (Wildman–Crippen LogP) is 8.67. The zero-order valence-corrected chi connectivity index (χ0v) is 21.1. The number of hydrogen-bond acceptors (Lipinski definition) is 4. The van der Waals surface area contributed by atoms with Crippen LogP contribution >= 0.6 is 11.3 Å². The molecule has 5 heterocycles. The lowest BCUT2D eigenvalue weighted by Gasteiger charge is -2.09. The molecule has 38 heavy (non-hydrogen) atoms. The van der Waals surface area contributed by atoms with Crippen molar-refractivity contribution in [3.8, 4) is 28.2 Å². The predicted molar refractivity (Wildman–Crippen MR) is 158 cm³/mol. The van der Waals surface area contributed by atoms with Gasteiger partial charge in [-0.2, -0.15) is 0 Å². The van der Waals surface area contributed by atoms with Crippen LogP contribution in [0.3, 0.4) is 0 Å². The second kappa shape index (κ2) is 8.33. The molecule has 0 unspecified atom stereocenters. The van der Waals surface area contributed by atoms with Crippen LogP contribution in [0.4, 0.5) is 0 Å². The maximum absolute atomic E-state index is 5.02. The molecule has 0 amide bonds. The molecule has 0 aliphatic heterocycles. The average Bonchev–Trinajstić information content (AvgIpc) is 3.51. The van der Waals surface area contributed by atoms with Gasteiger partial charge in [0.2, 0.25) is 0 Å². The fourth-order valence-electron chi connectivity index (χ4n) is 5.35. The van der Waals surface area contributed by atoms with Gasteiger partial charge in [-0.3, -0.25) is 15.0 Å². The van der Waals surface area contributed by atoms with E-state index in [-0.39, 0.29) is 0 Å². The van der Waals surface area contributed by atoms with Crippen molar-refractivity contribution in [3.05, 3.63) is 122 Å². The third kappa shape index (κ3) is 3.26. The lowest BCUT2D eigenvalue weighted by molar-refractivity contribution is 1.13. The van der Waals surface area contributed by atoms with Crippen LogP contribution in [-0.4, -0.2) is 19.5 Å². The molecule has 0 atom stereocenters. The SMILES string of the molecule is c1ccc(-c2cnc3c4cc5c(cc4n(-c4ccc(-c6ccccn6)nc4)c3c2)sc2ccccc25)cc1. The minimum absolute atomic E-state index is 0.852. The summed E-state index contributed by atoms with van der Waals surface area (Å²) in [6.45, 7) is 0. The van der Waals surface area contributed by atoms with E-state index in [1.54, 1.807) is 6.20 Å². The van der Waals surface area contributed by atoms with Crippen LogP contribution in [0.1, 0.15) is 0 Å². The Morgan fingerprint density at radius 3 is 2.21 bits per heavy atom. The normalized spacial score (nSPS) is 11.7. The Balaban J connectivity index is 1.42. The van der Waals surface area contributed by atoms with Gasteiger partial charge >= 0.3 is 0 Å². The Morgan fingerprint density at radius 2 is 1.37 bits per heavy atom. The molecule has 5 heteroatoms. The number of rotatable bonds is 3. The van der Waals surface area contributed by atoms with E-state index in [1.807, 2.05) is 54.1 Å². The van der Waals surface area contributed by atoms with Gasteiger partial charge in [-0.1, -0.05) is 54.6 Å². The zero-order valence-electron chi connectivity index (χ0n) is 20.2. The van der Waals surface area contributed by atoms with Crippen molar-refractivity contribution in [2.24, 2.45) is 0 Å². The minimum atomic E-state index is 0.852. The van der Waals surface area contributed by atoms with Gasteiger partial charge in [-0.25, -0.2) is 0 Å². The first-order valence-electron chi connectivity index (χ1n) is 12.5. The fraction of sp³-hybridized carbons (Fsp3) is 0. The van der Waals surface area contributed by atoms with Crippen LogP contribution in [0.5, 0.6) is 0 Å². The Hall–Kier alpha value is -4.87. The third-order valence-electron chi connectivity index (χ3n) is 7.14. The first-order valence-corrected chi connectivity index (χ1v) is 13.3. The Labute approximate surface area is 222 Å². The van der Waals surface area contributed by atoms with Crippen molar-refractivity contribution in [1.29, 1.82) is 0 Å². The van der Waals surface area contributed by atoms with Crippen molar-refractivity contribution in [2.75, 3.05) is 0 Å². The van der Waals surface area contributed by atoms with E-state index in [0.717, 1.165) is 50.1 Å². The van der Waals surface area contributed by atoms with Crippen molar-refractivity contribution in [3.63, 3.8) is 0 Å². The number of pyridine rings is 3. The summed E-state index contributed by atoms with van der Waals surface area (Å²) in [6.07, 6.45) is 5.72. The molecule has 178 valence electrons. The molecule has 8 aromatic rings. The summed E-state index contributed by atoms with van der Waals surface area (Å²) < 4.78 is 4.86. The highest BCUT2D eigenvalue weighted by Crippen LogP contribution is 2.40. The van der Waals surface area contributed by atoms with Gasteiger partial charge in [0.1, 0.15) is 0 Å². The first kappa shape index (κ1) is 21.2. The van der Waals surface area contributed by atoms with E-state index in [1.165, 1.54) is 20.2 Å².